The van der Waals surface area contributed by atoms with Crippen LogP contribution in [0.3, 0.4) is 0 Å². The maximum atomic E-state index is 10.9. The fourth-order valence-electron chi connectivity index (χ4n) is 1.06. The summed E-state index contributed by atoms with van der Waals surface area (Å²) < 4.78 is 1.79. The van der Waals surface area contributed by atoms with Crippen molar-refractivity contribution in [1.29, 1.82) is 0 Å². The SMILES string of the molecule is Cl.O=C1CCN1SCc1ccccn1. The average molecular weight is 231 g/mol. The van der Waals surface area contributed by atoms with Gasteiger partial charge in [0, 0.05) is 19.2 Å². The van der Waals surface area contributed by atoms with Crippen molar-refractivity contribution in [3.05, 3.63) is 30.1 Å². The molecule has 14 heavy (non-hydrogen) atoms. The van der Waals surface area contributed by atoms with Gasteiger partial charge in [-0.3, -0.25) is 14.1 Å². The molecule has 0 aliphatic carbocycles. The van der Waals surface area contributed by atoms with Crippen molar-refractivity contribution in [2.75, 3.05) is 6.54 Å². The molecule has 1 aromatic heterocycles. The van der Waals surface area contributed by atoms with E-state index in [0.717, 1.165) is 18.0 Å². The molecule has 1 aliphatic heterocycles. The van der Waals surface area contributed by atoms with E-state index in [1.54, 1.807) is 22.4 Å². The van der Waals surface area contributed by atoms with Crippen molar-refractivity contribution in [2.45, 2.75) is 12.2 Å². The molecule has 3 nitrogen and oxygen atoms in total. The summed E-state index contributed by atoms with van der Waals surface area (Å²) in [7, 11) is 0. The minimum Gasteiger partial charge on any atom is -0.285 e. The second kappa shape index (κ2) is 5.22. The van der Waals surface area contributed by atoms with E-state index in [0.29, 0.717) is 6.42 Å². The number of nitrogens with zero attached hydrogens (tertiary/aromatic N) is 2. The molecule has 1 aromatic rings. The standard InChI is InChI=1S/C9H10N2OS.ClH/c12-9-4-6-11(9)13-7-8-3-1-2-5-10-8;/h1-3,5H,4,6-7H2;1H. The minimum absolute atomic E-state index is 0. The molecule has 0 saturated carbocycles. The molecule has 0 radical (unpaired) electrons. The first-order valence-electron chi connectivity index (χ1n) is 4.19. The lowest BCUT2D eigenvalue weighted by atomic mass is 10.3. The highest BCUT2D eigenvalue weighted by molar-refractivity contribution is 7.96. The number of amides is 1. The fourth-order valence-corrected chi connectivity index (χ4v) is 1.97. The molecule has 1 saturated heterocycles. The Bertz CT molecular complexity index is 307. The monoisotopic (exact) mass is 230 g/mol. The zero-order valence-electron chi connectivity index (χ0n) is 7.55. The van der Waals surface area contributed by atoms with Gasteiger partial charge in [0.1, 0.15) is 0 Å². The fraction of sp³-hybridized carbons (Fsp3) is 0.333. The highest BCUT2D eigenvalue weighted by Gasteiger charge is 2.23. The van der Waals surface area contributed by atoms with Crippen LogP contribution in [-0.2, 0) is 10.5 Å². The number of rotatable bonds is 3. The Morgan fingerprint density at radius 2 is 2.36 bits per heavy atom. The van der Waals surface area contributed by atoms with E-state index in [4.69, 9.17) is 0 Å². The zero-order valence-corrected chi connectivity index (χ0v) is 9.18. The largest absolute Gasteiger partial charge is 0.285 e. The van der Waals surface area contributed by atoms with Crippen LogP contribution in [0.5, 0.6) is 0 Å². The van der Waals surface area contributed by atoms with Crippen molar-refractivity contribution in [1.82, 2.24) is 9.29 Å². The molecule has 1 amide bonds. The minimum atomic E-state index is 0. The third-order valence-electron chi connectivity index (χ3n) is 1.90. The highest BCUT2D eigenvalue weighted by atomic mass is 35.5. The molecule has 0 unspecified atom stereocenters. The van der Waals surface area contributed by atoms with E-state index < -0.39 is 0 Å². The maximum absolute atomic E-state index is 10.9. The smallest absolute Gasteiger partial charge is 0.234 e. The Labute approximate surface area is 93.4 Å². The maximum Gasteiger partial charge on any atom is 0.234 e. The highest BCUT2D eigenvalue weighted by Crippen LogP contribution is 2.22. The summed E-state index contributed by atoms with van der Waals surface area (Å²) in [6.07, 6.45) is 2.48. The number of hydrogen-bond donors (Lipinski definition) is 0. The van der Waals surface area contributed by atoms with Crippen LogP contribution in [0.15, 0.2) is 24.4 Å². The van der Waals surface area contributed by atoms with Gasteiger partial charge in [0.05, 0.1) is 11.4 Å². The van der Waals surface area contributed by atoms with Crippen LogP contribution >= 0.6 is 24.4 Å². The molecule has 0 bridgehead atoms. The normalized spacial score (nSPS) is 14.6. The molecule has 0 atom stereocenters. The van der Waals surface area contributed by atoms with Crippen LogP contribution < -0.4 is 0 Å². The Morgan fingerprint density at radius 1 is 1.50 bits per heavy atom. The van der Waals surface area contributed by atoms with E-state index in [1.807, 2.05) is 18.2 Å². The molecular weight excluding hydrogens is 220 g/mol. The van der Waals surface area contributed by atoms with Crippen molar-refractivity contribution in [2.24, 2.45) is 0 Å². The van der Waals surface area contributed by atoms with Crippen molar-refractivity contribution in [3.8, 4) is 0 Å². The van der Waals surface area contributed by atoms with Crippen LogP contribution in [-0.4, -0.2) is 21.7 Å². The first-order chi connectivity index (χ1) is 6.36. The third-order valence-corrected chi connectivity index (χ3v) is 3.02. The Morgan fingerprint density at radius 3 is 2.86 bits per heavy atom. The van der Waals surface area contributed by atoms with Gasteiger partial charge in [-0.25, -0.2) is 0 Å². The van der Waals surface area contributed by atoms with Crippen LogP contribution in [0, 0.1) is 0 Å². The van der Waals surface area contributed by atoms with Gasteiger partial charge in [0.2, 0.25) is 5.91 Å². The van der Waals surface area contributed by atoms with E-state index in [9.17, 15) is 4.79 Å². The van der Waals surface area contributed by atoms with Gasteiger partial charge in [-0.05, 0) is 24.1 Å². The zero-order chi connectivity index (χ0) is 9.10. The van der Waals surface area contributed by atoms with Crippen LogP contribution in [0.2, 0.25) is 0 Å². The van der Waals surface area contributed by atoms with Crippen LogP contribution in [0.4, 0.5) is 0 Å². The summed E-state index contributed by atoms with van der Waals surface area (Å²) in [5.41, 5.74) is 1.02. The number of pyridine rings is 1. The predicted molar refractivity (Wildman–Crippen MR) is 59.1 cm³/mol. The van der Waals surface area contributed by atoms with Gasteiger partial charge >= 0.3 is 0 Å². The molecule has 0 aromatic carbocycles. The van der Waals surface area contributed by atoms with E-state index in [2.05, 4.69) is 4.98 Å². The Balaban J connectivity index is 0.000000980. The summed E-state index contributed by atoms with van der Waals surface area (Å²) in [6.45, 7) is 0.885. The third kappa shape index (κ3) is 2.62. The molecule has 5 heteroatoms. The molecule has 2 rings (SSSR count). The van der Waals surface area contributed by atoms with Crippen LogP contribution in [0.25, 0.3) is 0 Å². The van der Waals surface area contributed by atoms with Gasteiger partial charge in [-0.1, -0.05) is 6.07 Å². The lowest BCUT2D eigenvalue weighted by Gasteiger charge is -2.28. The van der Waals surface area contributed by atoms with Gasteiger partial charge in [0.25, 0.3) is 0 Å². The quantitative estimate of drug-likeness (QED) is 0.587. The summed E-state index contributed by atoms with van der Waals surface area (Å²) in [4.78, 5) is 15.1. The lowest BCUT2D eigenvalue weighted by Crippen LogP contribution is -2.37. The topological polar surface area (TPSA) is 33.2 Å². The Hall–Kier alpha value is -0.740. The van der Waals surface area contributed by atoms with Crippen molar-refractivity contribution < 1.29 is 4.79 Å². The van der Waals surface area contributed by atoms with Crippen molar-refractivity contribution >= 4 is 30.3 Å². The van der Waals surface area contributed by atoms with E-state index in [1.165, 1.54) is 0 Å². The molecule has 0 spiro atoms. The number of carbonyl (C=O) groups is 1. The molecule has 1 fully saturated rings. The van der Waals surface area contributed by atoms with Gasteiger partial charge in [-0.15, -0.1) is 12.4 Å². The van der Waals surface area contributed by atoms with Gasteiger partial charge in [-0.2, -0.15) is 0 Å². The number of carbonyl (C=O) groups excluding carboxylic acids is 1. The number of hydrogen-bond acceptors (Lipinski definition) is 3. The van der Waals surface area contributed by atoms with Gasteiger partial charge in [0.15, 0.2) is 0 Å². The molecule has 2 heterocycles. The summed E-state index contributed by atoms with van der Waals surface area (Å²) >= 11 is 1.55. The first kappa shape index (κ1) is 11.3. The molecular formula is C9H11ClN2OS. The summed E-state index contributed by atoms with van der Waals surface area (Å²) in [5, 5.41) is 0. The second-order valence-electron chi connectivity index (χ2n) is 2.84. The Kier molecular flexibility index (Phi) is 4.22. The van der Waals surface area contributed by atoms with E-state index >= 15 is 0 Å². The number of β-lactam (4-membered cyclic amide) rings is 1. The van der Waals surface area contributed by atoms with E-state index in [-0.39, 0.29) is 18.3 Å². The number of halogens is 1. The molecule has 1 aliphatic rings. The average Bonchev–Trinajstić information content (AvgIpc) is 2.17. The predicted octanol–water partition coefficient (Wildman–Crippen LogP) is 1.88. The second-order valence-corrected chi connectivity index (χ2v) is 3.83. The number of aromatic nitrogens is 1. The van der Waals surface area contributed by atoms with Crippen LogP contribution in [0.1, 0.15) is 12.1 Å². The van der Waals surface area contributed by atoms with Gasteiger partial charge < -0.3 is 0 Å². The summed E-state index contributed by atoms with van der Waals surface area (Å²) in [5.74, 6) is 1.02. The first-order valence-corrected chi connectivity index (χ1v) is 5.14. The molecule has 76 valence electrons. The lowest BCUT2D eigenvalue weighted by molar-refractivity contribution is -0.132. The van der Waals surface area contributed by atoms with Crippen molar-refractivity contribution in [3.63, 3.8) is 0 Å². The summed E-state index contributed by atoms with van der Waals surface area (Å²) in [6, 6.07) is 5.82. The molecule has 0 N–H and O–H groups in total.